The van der Waals surface area contributed by atoms with Crippen LogP contribution in [0.2, 0.25) is 0 Å². The van der Waals surface area contributed by atoms with Gasteiger partial charge in [-0.25, -0.2) is 0 Å². The number of benzene rings is 3. The topological polar surface area (TPSA) is 73.6 Å². The number of carboxylic acid groups (broad SMARTS) is 1. The summed E-state index contributed by atoms with van der Waals surface area (Å²) in [6.45, 7) is 5.99. The second-order valence-electron chi connectivity index (χ2n) is 7.70. The molecule has 0 fully saturated rings. The molecule has 0 saturated heterocycles. The van der Waals surface area contributed by atoms with E-state index >= 15 is 0 Å². The fourth-order valence-corrected chi connectivity index (χ4v) is 3.69. The molecular weight excluding hydrogens is 400 g/mol. The minimum atomic E-state index is -0.790. The summed E-state index contributed by atoms with van der Waals surface area (Å²) >= 11 is 0. The first kappa shape index (κ1) is 22.9. The van der Waals surface area contributed by atoms with Gasteiger partial charge >= 0.3 is 5.97 Å². The Morgan fingerprint density at radius 3 is 2.44 bits per heavy atom. The van der Waals surface area contributed by atoms with Crippen molar-refractivity contribution in [3.63, 3.8) is 0 Å². The predicted octanol–water partition coefficient (Wildman–Crippen LogP) is 5.49. The highest BCUT2D eigenvalue weighted by molar-refractivity contribution is 5.67. The number of para-hydroxylation sites is 1. The summed E-state index contributed by atoms with van der Waals surface area (Å²) in [5, 5.41) is 18.3. The van der Waals surface area contributed by atoms with E-state index in [4.69, 9.17) is 9.84 Å². The van der Waals surface area contributed by atoms with E-state index in [9.17, 15) is 10.1 Å². The van der Waals surface area contributed by atoms with Gasteiger partial charge in [0.05, 0.1) is 17.3 Å². The fourth-order valence-electron chi connectivity index (χ4n) is 3.69. The Hall–Kier alpha value is -3.78. The van der Waals surface area contributed by atoms with Crippen LogP contribution in [0.25, 0.3) is 0 Å². The van der Waals surface area contributed by atoms with E-state index in [-0.39, 0.29) is 6.42 Å². The Morgan fingerprint density at radius 1 is 1.03 bits per heavy atom. The number of anilines is 1. The average molecular weight is 429 g/mol. The van der Waals surface area contributed by atoms with Gasteiger partial charge in [-0.1, -0.05) is 54.6 Å². The molecule has 0 spiro atoms. The average Bonchev–Trinajstić information content (AvgIpc) is 2.81. The standard InChI is InChI=1S/C27H28N2O3/c1-3-29(18-24-9-5-4-8-23(24)17-28)27-20(2)7-6-10-25(27)32-19-22-13-11-21(12-14-22)15-16-26(30)31/h4-14H,3,15-16,18-19H2,1-2H3,(H,30,31). The minimum absolute atomic E-state index is 0.129. The number of hydrogen-bond donors (Lipinski definition) is 1. The summed E-state index contributed by atoms with van der Waals surface area (Å²) in [7, 11) is 0. The molecular formula is C27H28N2O3. The van der Waals surface area contributed by atoms with Crippen molar-refractivity contribution in [1.29, 1.82) is 5.26 Å². The molecule has 3 aromatic carbocycles. The van der Waals surface area contributed by atoms with Gasteiger partial charge in [-0.3, -0.25) is 4.79 Å². The lowest BCUT2D eigenvalue weighted by Crippen LogP contribution is -2.24. The van der Waals surface area contributed by atoms with Crippen LogP contribution >= 0.6 is 0 Å². The first-order valence-corrected chi connectivity index (χ1v) is 10.8. The molecule has 164 valence electrons. The lowest BCUT2D eigenvalue weighted by molar-refractivity contribution is -0.136. The van der Waals surface area contributed by atoms with Crippen molar-refractivity contribution in [2.75, 3.05) is 11.4 Å². The Morgan fingerprint density at radius 2 is 1.75 bits per heavy atom. The SMILES string of the molecule is CCN(Cc1ccccc1C#N)c1c(C)cccc1OCc1ccc(CCC(=O)O)cc1. The maximum atomic E-state index is 10.7. The van der Waals surface area contributed by atoms with E-state index in [1.165, 1.54) is 0 Å². The summed E-state index contributed by atoms with van der Waals surface area (Å²) in [5.41, 5.74) is 5.84. The third-order valence-corrected chi connectivity index (χ3v) is 5.44. The molecule has 0 radical (unpaired) electrons. The van der Waals surface area contributed by atoms with E-state index in [0.717, 1.165) is 40.2 Å². The van der Waals surface area contributed by atoms with Crippen LogP contribution in [0.3, 0.4) is 0 Å². The smallest absolute Gasteiger partial charge is 0.303 e. The minimum Gasteiger partial charge on any atom is -0.487 e. The molecule has 0 aromatic heterocycles. The van der Waals surface area contributed by atoms with E-state index < -0.39 is 5.97 Å². The molecule has 0 heterocycles. The Kier molecular flexibility index (Phi) is 7.88. The number of carbonyl (C=O) groups is 1. The Bertz CT molecular complexity index is 1100. The van der Waals surface area contributed by atoms with Crippen molar-refractivity contribution in [2.45, 2.75) is 39.8 Å². The molecule has 3 rings (SSSR count). The van der Waals surface area contributed by atoms with E-state index in [2.05, 4.69) is 30.9 Å². The molecule has 5 heteroatoms. The largest absolute Gasteiger partial charge is 0.487 e. The van der Waals surface area contributed by atoms with Crippen LogP contribution in [-0.2, 0) is 24.4 Å². The number of carboxylic acids is 1. The van der Waals surface area contributed by atoms with Gasteiger partial charge in [0.2, 0.25) is 0 Å². The zero-order valence-corrected chi connectivity index (χ0v) is 18.5. The number of aryl methyl sites for hydroxylation is 2. The fraction of sp³-hybridized carbons (Fsp3) is 0.259. The van der Waals surface area contributed by atoms with E-state index in [0.29, 0.717) is 25.1 Å². The number of aliphatic carboxylic acids is 1. The molecule has 0 unspecified atom stereocenters. The summed E-state index contributed by atoms with van der Waals surface area (Å²) in [6, 6.07) is 23.9. The van der Waals surface area contributed by atoms with Gasteiger partial charge in [-0.2, -0.15) is 5.26 Å². The second-order valence-corrected chi connectivity index (χ2v) is 7.70. The molecule has 0 saturated carbocycles. The first-order valence-electron chi connectivity index (χ1n) is 10.8. The normalized spacial score (nSPS) is 10.4. The monoisotopic (exact) mass is 428 g/mol. The summed E-state index contributed by atoms with van der Waals surface area (Å²) < 4.78 is 6.22. The third kappa shape index (κ3) is 5.89. The highest BCUT2D eigenvalue weighted by Crippen LogP contribution is 2.34. The lowest BCUT2D eigenvalue weighted by Gasteiger charge is -2.28. The molecule has 0 aliphatic rings. The number of rotatable bonds is 10. The van der Waals surface area contributed by atoms with Gasteiger partial charge in [0.25, 0.3) is 0 Å². The van der Waals surface area contributed by atoms with E-state index in [1.807, 2.05) is 60.7 Å². The maximum absolute atomic E-state index is 10.7. The van der Waals surface area contributed by atoms with Gasteiger partial charge in [0, 0.05) is 19.5 Å². The summed E-state index contributed by atoms with van der Waals surface area (Å²) in [5.74, 6) is 0.0125. The zero-order chi connectivity index (χ0) is 22.9. The van der Waals surface area contributed by atoms with Gasteiger partial charge in [-0.15, -0.1) is 0 Å². The molecule has 5 nitrogen and oxygen atoms in total. The van der Waals surface area contributed by atoms with E-state index in [1.54, 1.807) is 0 Å². The van der Waals surface area contributed by atoms with Crippen molar-refractivity contribution in [3.05, 3.63) is 94.5 Å². The van der Waals surface area contributed by atoms with Gasteiger partial charge in [0.15, 0.2) is 0 Å². The molecule has 32 heavy (non-hydrogen) atoms. The van der Waals surface area contributed by atoms with Crippen molar-refractivity contribution in [1.82, 2.24) is 0 Å². The summed E-state index contributed by atoms with van der Waals surface area (Å²) in [6.07, 6.45) is 0.651. The Balaban J connectivity index is 1.76. The molecule has 0 amide bonds. The molecule has 0 aliphatic carbocycles. The highest BCUT2D eigenvalue weighted by Gasteiger charge is 2.16. The van der Waals surface area contributed by atoms with Gasteiger partial charge in [0.1, 0.15) is 12.4 Å². The second kappa shape index (κ2) is 11.0. The Labute approximate surface area is 189 Å². The third-order valence-electron chi connectivity index (χ3n) is 5.44. The number of hydrogen-bond acceptors (Lipinski definition) is 4. The van der Waals surface area contributed by atoms with Crippen LogP contribution in [0.1, 0.15) is 41.2 Å². The van der Waals surface area contributed by atoms with Crippen LogP contribution in [-0.4, -0.2) is 17.6 Å². The van der Waals surface area contributed by atoms with Crippen LogP contribution in [0.15, 0.2) is 66.7 Å². The molecule has 1 N–H and O–H groups in total. The molecule has 3 aromatic rings. The molecule has 0 aliphatic heterocycles. The van der Waals surface area contributed by atoms with Gasteiger partial charge in [-0.05, 0) is 54.7 Å². The van der Waals surface area contributed by atoms with Crippen LogP contribution < -0.4 is 9.64 Å². The van der Waals surface area contributed by atoms with Crippen LogP contribution in [0.5, 0.6) is 5.75 Å². The summed E-state index contributed by atoms with van der Waals surface area (Å²) in [4.78, 5) is 13.0. The van der Waals surface area contributed by atoms with Gasteiger partial charge < -0.3 is 14.7 Å². The molecule has 0 atom stereocenters. The number of ether oxygens (including phenoxy) is 1. The van der Waals surface area contributed by atoms with Crippen LogP contribution in [0.4, 0.5) is 5.69 Å². The first-order chi connectivity index (χ1) is 15.5. The number of nitriles is 1. The zero-order valence-electron chi connectivity index (χ0n) is 18.5. The maximum Gasteiger partial charge on any atom is 0.303 e. The van der Waals surface area contributed by atoms with Crippen molar-refractivity contribution in [2.24, 2.45) is 0 Å². The molecule has 0 bridgehead atoms. The van der Waals surface area contributed by atoms with Crippen molar-refractivity contribution < 1.29 is 14.6 Å². The van der Waals surface area contributed by atoms with Crippen molar-refractivity contribution in [3.8, 4) is 11.8 Å². The highest BCUT2D eigenvalue weighted by atomic mass is 16.5. The predicted molar refractivity (Wildman–Crippen MR) is 126 cm³/mol. The lowest BCUT2D eigenvalue weighted by atomic mass is 10.1. The number of nitrogens with zero attached hydrogens (tertiary/aromatic N) is 2. The van der Waals surface area contributed by atoms with Crippen LogP contribution in [0, 0.1) is 18.3 Å². The quantitative estimate of drug-likeness (QED) is 0.462. The van der Waals surface area contributed by atoms with Crippen molar-refractivity contribution >= 4 is 11.7 Å².